The highest BCUT2D eigenvalue weighted by atomic mass is 16.5. The maximum Gasteiger partial charge on any atom is 0.227 e. The van der Waals surface area contributed by atoms with E-state index >= 15 is 0 Å². The smallest absolute Gasteiger partial charge is 0.227 e. The standard InChI is InChI=1S/C13H17NO3/c1-9-11(14-13(16)10-5-6-10)3-2-4-12(9)17-8-7-15/h2-4,10,15H,5-8H2,1H3,(H,14,16). The fraction of sp³-hybridized carbons (Fsp3) is 0.462. The molecule has 1 saturated carbocycles. The van der Waals surface area contributed by atoms with Crippen LogP contribution in [0.2, 0.25) is 0 Å². The van der Waals surface area contributed by atoms with Crippen LogP contribution in [-0.4, -0.2) is 24.2 Å². The van der Waals surface area contributed by atoms with Crippen molar-refractivity contribution in [2.75, 3.05) is 18.5 Å². The quantitative estimate of drug-likeness (QED) is 0.817. The van der Waals surface area contributed by atoms with E-state index in [0.717, 1.165) is 24.1 Å². The highest BCUT2D eigenvalue weighted by Gasteiger charge is 2.29. The number of carbonyl (C=O) groups is 1. The van der Waals surface area contributed by atoms with Crippen LogP contribution in [0.5, 0.6) is 5.75 Å². The fourth-order valence-corrected chi connectivity index (χ4v) is 1.64. The molecule has 92 valence electrons. The summed E-state index contributed by atoms with van der Waals surface area (Å²) >= 11 is 0. The number of hydrogen-bond acceptors (Lipinski definition) is 3. The van der Waals surface area contributed by atoms with E-state index in [-0.39, 0.29) is 25.0 Å². The lowest BCUT2D eigenvalue weighted by atomic mass is 10.1. The number of anilines is 1. The van der Waals surface area contributed by atoms with Crippen LogP contribution in [0.15, 0.2) is 18.2 Å². The molecule has 0 spiro atoms. The third-order valence-electron chi connectivity index (χ3n) is 2.84. The number of ether oxygens (including phenoxy) is 1. The topological polar surface area (TPSA) is 58.6 Å². The van der Waals surface area contributed by atoms with Gasteiger partial charge in [0, 0.05) is 17.2 Å². The molecule has 2 N–H and O–H groups in total. The predicted molar refractivity (Wildman–Crippen MR) is 65.1 cm³/mol. The van der Waals surface area contributed by atoms with Gasteiger partial charge in [-0.1, -0.05) is 6.07 Å². The van der Waals surface area contributed by atoms with Gasteiger partial charge in [0.15, 0.2) is 0 Å². The Bertz CT molecular complexity index is 413. The minimum absolute atomic E-state index is 0.0158. The lowest BCUT2D eigenvalue weighted by Gasteiger charge is -2.12. The summed E-state index contributed by atoms with van der Waals surface area (Å²) in [6.07, 6.45) is 1.98. The number of aliphatic hydroxyl groups is 1. The molecule has 0 saturated heterocycles. The van der Waals surface area contributed by atoms with Crippen molar-refractivity contribution in [3.63, 3.8) is 0 Å². The first-order valence-corrected chi connectivity index (χ1v) is 5.86. The number of aliphatic hydroxyl groups excluding tert-OH is 1. The molecule has 1 aromatic rings. The van der Waals surface area contributed by atoms with Crippen molar-refractivity contribution in [3.8, 4) is 5.75 Å². The van der Waals surface area contributed by atoms with Gasteiger partial charge in [-0.15, -0.1) is 0 Å². The summed E-state index contributed by atoms with van der Waals surface area (Å²) in [5.74, 6) is 0.983. The first-order valence-electron chi connectivity index (χ1n) is 5.86. The second kappa shape index (κ2) is 5.19. The van der Waals surface area contributed by atoms with E-state index in [0.29, 0.717) is 5.75 Å². The van der Waals surface area contributed by atoms with Gasteiger partial charge in [0.25, 0.3) is 0 Å². The zero-order valence-corrected chi connectivity index (χ0v) is 9.90. The Hall–Kier alpha value is -1.55. The Morgan fingerprint density at radius 2 is 2.29 bits per heavy atom. The number of nitrogens with one attached hydrogen (secondary N) is 1. The summed E-state index contributed by atoms with van der Waals surface area (Å²) in [4.78, 5) is 11.7. The van der Waals surface area contributed by atoms with Gasteiger partial charge in [0.2, 0.25) is 5.91 Å². The Kier molecular flexibility index (Phi) is 3.64. The molecule has 1 aromatic carbocycles. The molecule has 0 heterocycles. The van der Waals surface area contributed by atoms with E-state index in [1.807, 2.05) is 25.1 Å². The molecule has 17 heavy (non-hydrogen) atoms. The van der Waals surface area contributed by atoms with Crippen LogP contribution in [-0.2, 0) is 4.79 Å². The Labute approximate surface area is 101 Å². The van der Waals surface area contributed by atoms with Crippen molar-refractivity contribution in [1.29, 1.82) is 0 Å². The van der Waals surface area contributed by atoms with Gasteiger partial charge < -0.3 is 15.2 Å². The summed E-state index contributed by atoms with van der Waals surface area (Å²) < 4.78 is 5.38. The van der Waals surface area contributed by atoms with E-state index < -0.39 is 0 Å². The maximum atomic E-state index is 11.7. The van der Waals surface area contributed by atoms with Gasteiger partial charge in [0.05, 0.1) is 6.61 Å². The van der Waals surface area contributed by atoms with Gasteiger partial charge in [-0.3, -0.25) is 4.79 Å². The van der Waals surface area contributed by atoms with Crippen LogP contribution in [0.3, 0.4) is 0 Å². The summed E-state index contributed by atoms with van der Waals surface area (Å²) in [5, 5.41) is 11.6. The minimum atomic E-state index is -0.0158. The van der Waals surface area contributed by atoms with Crippen LogP contribution in [0.25, 0.3) is 0 Å². The maximum absolute atomic E-state index is 11.7. The zero-order chi connectivity index (χ0) is 12.3. The van der Waals surface area contributed by atoms with Gasteiger partial charge in [-0.05, 0) is 31.9 Å². The summed E-state index contributed by atoms with van der Waals surface area (Å²) in [5.41, 5.74) is 1.69. The van der Waals surface area contributed by atoms with Crippen LogP contribution < -0.4 is 10.1 Å². The third kappa shape index (κ3) is 2.97. The molecule has 4 nitrogen and oxygen atoms in total. The Balaban J connectivity index is 2.07. The second-order valence-electron chi connectivity index (χ2n) is 4.26. The highest BCUT2D eigenvalue weighted by molar-refractivity contribution is 5.94. The van der Waals surface area contributed by atoms with Gasteiger partial charge in [-0.25, -0.2) is 0 Å². The van der Waals surface area contributed by atoms with Gasteiger partial charge in [-0.2, -0.15) is 0 Å². The highest BCUT2D eigenvalue weighted by Crippen LogP contribution is 2.32. The number of benzene rings is 1. The average Bonchev–Trinajstić information content (AvgIpc) is 3.14. The molecular weight excluding hydrogens is 218 g/mol. The van der Waals surface area contributed by atoms with Crippen LogP contribution >= 0.6 is 0 Å². The SMILES string of the molecule is Cc1c(NC(=O)C2CC2)cccc1OCCO. The average molecular weight is 235 g/mol. The molecule has 0 aromatic heterocycles. The normalized spacial score (nSPS) is 14.5. The third-order valence-corrected chi connectivity index (χ3v) is 2.84. The molecule has 1 aliphatic carbocycles. The van der Waals surface area contributed by atoms with Crippen molar-refractivity contribution in [3.05, 3.63) is 23.8 Å². The van der Waals surface area contributed by atoms with Gasteiger partial charge >= 0.3 is 0 Å². The zero-order valence-electron chi connectivity index (χ0n) is 9.90. The van der Waals surface area contributed by atoms with E-state index in [1.165, 1.54) is 0 Å². The first-order chi connectivity index (χ1) is 8.22. The monoisotopic (exact) mass is 235 g/mol. The number of amides is 1. The number of carbonyl (C=O) groups excluding carboxylic acids is 1. The molecule has 0 aliphatic heterocycles. The van der Waals surface area contributed by atoms with Crippen LogP contribution in [0.4, 0.5) is 5.69 Å². The molecule has 1 fully saturated rings. The molecule has 1 aliphatic rings. The largest absolute Gasteiger partial charge is 0.491 e. The van der Waals surface area contributed by atoms with E-state index in [1.54, 1.807) is 0 Å². The van der Waals surface area contributed by atoms with Crippen molar-refractivity contribution >= 4 is 11.6 Å². The minimum Gasteiger partial charge on any atom is -0.491 e. The fourth-order valence-electron chi connectivity index (χ4n) is 1.64. The molecule has 2 rings (SSSR count). The van der Waals surface area contributed by atoms with E-state index in [9.17, 15) is 4.79 Å². The van der Waals surface area contributed by atoms with Gasteiger partial charge in [0.1, 0.15) is 12.4 Å². The van der Waals surface area contributed by atoms with Crippen molar-refractivity contribution in [2.24, 2.45) is 5.92 Å². The molecule has 0 radical (unpaired) electrons. The molecule has 0 unspecified atom stereocenters. The summed E-state index contributed by atoms with van der Waals surface area (Å²) in [7, 11) is 0. The predicted octanol–water partition coefficient (Wildman–Crippen LogP) is 1.71. The second-order valence-corrected chi connectivity index (χ2v) is 4.26. The molecule has 4 heteroatoms. The summed E-state index contributed by atoms with van der Waals surface area (Å²) in [6.45, 7) is 2.15. The number of rotatable bonds is 5. The van der Waals surface area contributed by atoms with Crippen LogP contribution in [0, 0.1) is 12.8 Å². The van der Waals surface area contributed by atoms with Crippen molar-refractivity contribution < 1.29 is 14.6 Å². The van der Waals surface area contributed by atoms with E-state index in [4.69, 9.17) is 9.84 Å². The first kappa shape index (κ1) is 11.9. The molecule has 0 atom stereocenters. The summed E-state index contributed by atoms with van der Waals surface area (Å²) in [6, 6.07) is 5.53. The molecule has 1 amide bonds. The Morgan fingerprint density at radius 1 is 1.53 bits per heavy atom. The van der Waals surface area contributed by atoms with E-state index in [2.05, 4.69) is 5.32 Å². The van der Waals surface area contributed by atoms with Crippen molar-refractivity contribution in [2.45, 2.75) is 19.8 Å². The van der Waals surface area contributed by atoms with Crippen molar-refractivity contribution in [1.82, 2.24) is 0 Å². The number of hydrogen-bond donors (Lipinski definition) is 2. The molecular formula is C13H17NO3. The lowest BCUT2D eigenvalue weighted by Crippen LogP contribution is -2.14. The van der Waals surface area contributed by atoms with Crippen LogP contribution in [0.1, 0.15) is 18.4 Å². The lowest BCUT2D eigenvalue weighted by molar-refractivity contribution is -0.117. The molecule has 0 bridgehead atoms. The Morgan fingerprint density at radius 3 is 2.94 bits per heavy atom.